The Kier molecular flexibility index (Phi) is 6.98. The fourth-order valence-electron chi connectivity index (χ4n) is 4.87. The van der Waals surface area contributed by atoms with E-state index in [1.807, 2.05) is 0 Å². The highest BCUT2D eigenvalue weighted by atomic mass is 35.5. The first-order valence-corrected chi connectivity index (χ1v) is 13.8. The fourth-order valence-corrected chi connectivity index (χ4v) is 6.74. The Morgan fingerprint density at radius 2 is 1.51 bits per heavy atom. The predicted molar refractivity (Wildman–Crippen MR) is 145 cm³/mol. The van der Waals surface area contributed by atoms with E-state index in [0.717, 1.165) is 15.4 Å². The number of nitrogens with zero attached hydrogens (tertiary/aromatic N) is 2. The van der Waals surface area contributed by atoms with Crippen LogP contribution in [0, 0.1) is 0 Å². The van der Waals surface area contributed by atoms with Gasteiger partial charge in [0.2, 0.25) is 10.0 Å². The SMILES string of the molecule is O=C(O)c1cccnc1CN(C1(C(=O)O)CC1c1ccccc1)S(=O)(=O)c1ccc(-c2ccc(Cl)cc2)cc1. The van der Waals surface area contributed by atoms with E-state index in [1.54, 1.807) is 66.7 Å². The molecule has 0 bridgehead atoms. The van der Waals surface area contributed by atoms with E-state index >= 15 is 0 Å². The van der Waals surface area contributed by atoms with E-state index in [4.69, 9.17) is 11.6 Å². The van der Waals surface area contributed by atoms with Crippen molar-refractivity contribution in [2.75, 3.05) is 0 Å². The molecule has 5 rings (SSSR count). The van der Waals surface area contributed by atoms with Crippen LogP contribution in [0.3, 0.4) is 0 Å². The van der Waals surface area contributed by atoms with E-state index in [0.29, 0.717) is 10.6 Å². The fraction of sp³-hybridized carbons (Fsp3) is 0.138. The first-order valence-electron chi connectivity index (χ1n) is 12.0. The minimum Gasteiger partial charge on any atom is -0.480 e. The topological polar surface area (TPSA) is 125 Å². The second-order valence-corrected chi connectivity index (χ2v) is 11.5. The molecule has 0 radical (unpaired) electrons. The summed E-state index contributed by atoms with van der Waals surface area (Å²) in [6, 6.07) is 24.7. The molecular formula is C29H23ClN2O6S. The lowest BCUT2D eigenvalue weighted by Gasteiger charge is -2.29. The normalized spacial score (nSPS) is 18.6. The van der Waals surface area contributed by atoms with Crippen LogP contribution >= 0.6 is 11.6 Å². The van der Waals surface area contributed by atoms with Gasteiger partial charge in [0.25, 0.3) is 0 Å². The number of halogens is 1. The highest BCUT2D eigenvalue weighted by Gasteiger charge is 2.68. The maximum atomic E-state index is 14.1. The van der Waals surface area contributed by atoms with Gasteiger partial charge in [0.05, 0.1) is 22.7 Å². The van der Waals surface area contributed by atoms with Gasteiger partial charge in [0, 0.05) is 17.1 Å². The van der Waals surface area contributed by atoms with Crippen LogP contribution in [0.25, 0.3) is 11.1 Å². The van der Waals surface area contributed by atoms with Crippen molar-refractivity contribution in [1.29, 1.82) is 0 Å². The summed E-state index contributed by atoms with van der Waals surface area (Å²) in [6.07, 6.45) is 1.38. The maximum absolute atomic E-state index is 14.1. The molecule has 0 amide bonds. The highest BCUT2D eigenvalue weighted by molar-refractivity contribution is 7.89. The van der Waals surface area contributed by atoms with Crippen molar-refractivity contribution in [3.63, 3.8) is 0 Å². The number of benzene rings is 3. The number of carbonyl (C=O) groups is 2. The van der Waals surface area contributed by atoms with Crippen molar-refractivity contribution in [3.8, 4) is 11.1 Å². The minimum atomic E-state index is -4.43. The molecule has 2 unspecified atom stereocenters. The molecule has 1 aromatic heterocycles. The van der Waals surface area contributed by atoms with Gasteiger partial charge in [-0.05, 0) is 59.5 Å². The number of carboxylic acids is 2. The van der Waals surface area contributed by atoms with Gasteiger partial charge in [0.1, 0.15) is 5.54 Å². The lowest BCUT2D eigenvalue weighted by atomic mass is 10.1. The summed E-state index contributed by atoms with van der Waals surface area (Å²) in [5.74, 6) is -3.23. The Bertz CT molecular complexity index is 1640. The predicted octanol–water partition coefficient (Wildman–Crippen LogP) is 5.30. The van der Waals surface area contributed by atoms with Crippen molar-refractivity contribution in [1.82, 2.24) is 9.29 Å². The molecule has 1 aliphatic carbocycles. The summed E-state index contributed by atoms with van der Waals surface area (Å²) in [4.78, 5) is 28.7. The number of sulfonamides is 1. The molecule has 4 aromatic rings. The molecule has 1 fully saturated rings. The monoisotopic (exact) mass is 562 g/mol. The highest BCUT2D eigenvalue weighted by Crippen LogP contribution is 2.57. The van der Waals surface area contributed by atoms with Gasteiger partial charge in [-0.15, -0.1) is 0 Å². The molecule has 1 heterocycles. The van der Waals surface area contributed by atoms with E-state index in [1.165, 1.54) is 30.5 Å². The van der Waals surface area contributed by atoms with Crippen LogP contribution in [0.5, 0.6) is 0 Å². The molecule has 0 aliphatic heterocycles. The first-order chi connectivity index (χ1) is 18.6. The van der Waals surface area contributed by atoms with Gasteiger partial charge in [-0.25, -0.2) is 13.2 Å². The number of carboxylic acid groups (broad SMARTS) is 2. The summed E-state index contributed by atoms with van der Waals surface area (Å²) in [6.45, 7) is -0.528. The Morgan fingerprint density at radius 1 is 0.897 bits per heavy atom. The van der Waals surface area contributed by atoms with Crippen molar-refractivity contribution in [2.45, 2.75) is 29.3 Å². The molecule has 2 atom stereocenters. The van der Waals surface area contributed by atoms with Crippen LogP contribution < -0.4 is 0 Å². The summed E-state index contributed by atoms with van der Waals surface area (Å²) in [5, 5.41) is 20.7. The summed E-state index contributed by atoms with van der Waals surface area (Å²) >= 11 is 5.97. The quantitative estimate of drug-likeness (QED) is 0.283. The minimum absolute atomic E-state index is 0.0314. The Labute approximate surface area is 230 Å². The van der Waals surface area contributed by atoms with Gasteiger partial charge in [-0.3, -0.25) is 9.78 Å². The molecule has 3 aromatic carbocycles. The average Bonchev–Trinajstić information content (AvgIpc) is 3.70. The number of rotatable bonds is 9. The Hall–Kier alpha value is -4.05. The van der Waals surface area contributed by atoms with Crippen LogP contribution in [0.4, 0.5) is 0 Å². The third-order valence-corrected chi connectivity index (χ3v) is 9.14. The zero-order valence-corrected chi connectivity index (χ0v) is 22.0. The smallest absolute Gasteiger partial charge is 0.337 e. The number of aromatic carboxylic acids is 1. The molecule has 2 N–H and O–H groups in total. The number of aliphatic carboxylic acids is 1. The Morgan fingerprint density at radius 3 is 2.10 bits per heavy atom. The van der Waals surface area contributed by atoms with Crippen molar-refractivity contribution in [2.24, 2.45) is 0 Å². The summed E-state index contributed by atoms with van der Waals surface area (Å²) in [5.41, 5.74) is 0.184. The standard InChI is InChI=1S/C29H23ClN2O6S/c30-22-12-8-19(9-13-22)20-10-14-23(15-11-20)39(37,38)32(18-26-24(27(33)34)7-4-16-31-26)29(28(35)36)17-25(29)21-5-2-1-3-6-21/h1-16,25H,17-18H2,(H,33,34)(H,35,36). The van der Waals surface area contributed by atoms with Crippen LogP contribution in [-0.4, -0.2) is 45.4 Å². The second-order valence-electron chi connectivity index (χ2n) is 9.24. The molecular weight excluding hydrogens is 540 g/mol. The zero-order valence-electron chi connectivity index (χ0n) is 20.4. The van der Waals surface area contributed by atoms with Crippen LogP contribution in [0.1, 0.15) is 34.0 Å². The molecule has 0 spiro atoms. The average molecular weight is 563 g/mol. The lowest BCUT2D eigenvalue weighted by molar-refractivity contribution is -0.143. The first kappa shape index (κ1) is 26.6. The van der Waals surface area contributed by atoms with Crippen molar-refractivity contribution >= 4 is 33.6 Å². The van der Waals surface area contributed by atoms with Crippen molar-refractivity contribution < 1.29 is 28.2 Å². The third kappa shape index (κ3) is 4.92. The van der Waals surface area contributed by atoms with Crippen LogP contribution in [0.15, 0.2) is 102 Å². The number of pyridine rings is 1. The van der Waals surface area contributed by atoms with Crippen molar-refractivity contribution in [3.05, 3.63) is 119 Å². The van der Waals surface area contributed by atoms with E-state index < -0.39 is 40.0 Å². The van der Waals surface area contributed by atoms with E-state index in [2.05, 4.69) is 4.98 Å². The molecule has 198 valence electrons. The summed E-state index contributed by atoms with van der Waals surface area (Å²) in [7, 11) is -4.43. The van der Waals surface area contributed by atoms with Crippen LogP contribution in [-0.2, 0) is 21.4 Å². The number of hydrogen-bond donors (Lipinski definition) is 2. The van der Waals surface area contributed by atoms with Gasteiger partial charge in [-0.1, -0.05) is 66.2 Å². The van der Waals surface area contributed by atoms with E-state index in [-0.39, 0.29) is 22.6 Å². The lowest BCUT2D eigenvalue weighted by Crippen LogP contribution is -2.48. The van der Waals surface area contributed by atoms with Gasteiger partial charge >= 0.3 is 11.9 Å². The maximum Gasteiger partial charge on any atom is 0.337 e. The second kappa shape index (κ2) is 10.3. The summed E-state index contributed by atoms with van der Waals surface area (Å²) < 4.78 is 29.2. The van der Waals surface area contributed by atoms with Gasteiger partial charge in [-0.2, -0.15) is 4.31 Å². The molecule has 8 nitrogen and oxygen atoms in total. The molecule has 1 aliphatic rings. The van der Waals surface area contributed by atoms with Gasteiger partial charge < -0.3 is 10.2 Å². The van der Waals surface area contributed by atoms with Gasteiger partial charge in [0.15, 0.2) is 0 Å². The number of aromatic nitrogens is 1. The largest absolute Gasteiger partial charge is 0.480 e. The zero-order chi connectivity index (χ0) is 27.8. The third-order valence-electron chi connectivity index (χ3n) is 6.98. The van der Waals surface area contributed by atoms with E-state index in [9.17, 15) is 28.2 Å². The molecule has 10 heteroatoms. The molecule has 1 saturated carbocycles. The molecule has 39 heavy (non-hydrogen) atoms. The van der Waals surface area contributed by atoms with Crippen LogP contribution in [0.2, 0.25) is 5.02 Å². The Balaban J connectivity index is 1.60. The number of hydrogen-bond acceptors (Lipinski definition) is 5. The molecule has 0 saturated heterocycles.